The summed E-state index contributed by atoms with van der Waals surface area (Å²) in [4.78, 5) is 10.1. The maximum absolute atomic E-state index is 13.3. The van der Waals surface area contributed by atoms with Crippen LogP contribution in [0.1, 0.15) is 17.5 Å². The van der Waals surface area contributed by atoms with Crippen molar-refractivity contribution in [3.63, 3.8) is 0 Å². The Morgan fingerprint density at radius 3 is 2.57 bits per heavy atom. The summed E-state index contributed by atoms with van der Waals surface area (Å²) in [6.45, 7) is 1.20. The summed E-state index contributed by atoms with van der Waals surface area (Å²) < 4.78 is 13.3. The van der Waals surface area contributed by atoms with E-state index in [2.05, 4.69) is 17.4 Å². The van der Waals surface area contributed by atoms with E-state index in [0.717, 1.165) is 25.5 Å². The second-order valence-corrected chi connectivity index (χ2v) is 4.84. The predicted octanol–water partition coefficient (Wildman–Crippen LogP) is 3.46. The molecule has 2 rings (SSSR count). The van der Waals surface area contributed by atoms with Gasteiger partial charge in [0.15, 0.2) is 0 Å². The fourth-order valence-corrected chi connectivity index (χ4v) is 2.14. The second-order valence-electron chi connectivity index (χ2n) is 4.84. The lowest BCUT2D eigenvalue weighted by atomic mass is 10.1. The molecule has 0 heterocycles. The van der Waals surface area contributed by atoms with Gasteiger partial charge in [-0.15, -0.1) is 0 Å². The fourth-order valence-electron chi connectivity index (χ4n) is 2.14. The molecule has 0 saturated carbocycles. The van der Waals surface area contributed by atoms with Crippen molar-refractivity contribution in [2.45, 2.75) is 19.4 Å². The topological polar surface area (TPSA) is 55.2 Å². The SMILES string of the molecule is O=[N+]([O-])c1cc(F)cc(CNCCCc2ccccc2)c1. The predicted molar refractivity (Wildman–Crippen MR) is 79.5 cm³/mol. The molecule has 0 aliphatic carbocycles. The lowest BCUT2D eigenvalue weighted by Gasteiger charge is -2.05. The van der Waals surface area contributed by atoms with Crippen molar-refractivity contribution < 1.29 is 9.31 Å². The molecular formula is C16H17FN2O2. The highest BCUT2D eigenvalue weighted by molar-refractivity contribution is 5.35. The van der Waals surface area contributed by atoms with E-state index in [0.29, 0.717) is 12.1 Å². The van der Waals surface area contributed by atoms with Crippen molar-refractivity contribution in [1.82, 2.24) is 5.32 Å². The molecule has 21 heavy (non-hydrogen) atoms. The number of benzene rings is 2. The van der Waals surface area contributed by atoms with E-state index in [-0.39, 0.29) is 5.69 Å². The zero-order valence-electron chi connectivity index (χ0n) is 11.6. The van der Waals surface area contributed by atoms with E-state index >= 15 is 0 Å². The second kappa shape index (κ2) is 7.50. The van der Waals surface area contributed by atoms with Crippen LogP contribution in [-0.2, 0) is 13.0 Å². The monoisotopic (exact) mass is 288 g/mol. The highest BCUT2D eigenvalue weighted by Crippen LogP contribution is 2.16. The summed E-state index contributed by atoms with van der Waals surface area (Å²) in [6, 6.07) is 13.8. The number of aryl methyl sites for hydroxylation is 1. The van der Waals surface area contributed by atoms with Crippen molar-refractivity contribution >= 4 is 5.69 Å². The maximum Gasteiger partial charge on any atom is 0.272 e. The Hall–Kier alpha value is -2.27. The van der Waals surface area contributed by atoms with Crippen molar-refractivity contribution in [2.75, 3.05) is 6.54 Å². The Morgan fingerprint density at radius 2 is 1.86 bits per heavy atom. The number of halogens is 1. The van der Waals surface area contributed by atoms with Gasteiger partial charge in [0.25, 0.3) is 5.69 Å². The van der Waals surface area contributed by atoms with Crippen LogP contribution < -0.4 is 5.32 Å². The molecule has 110 valence electrons. The summed E-state index contributed by atoms with van der Waals surface area (Å²) in [7, 11) is 0. The van der Waals surface area contributed by atoms with Gasteiger partial charge in [0.2, 0.25) is 0 Å². The third kappa shape index (κ3) is 4.96. The number of rotatable bonds is 7. The highest BCUT2D eigenvalue weighted by atomic mass is 19.1. The number of nitrogens with zero attached hydrogens (tertiary/aromatic N) is 1. The van der Waals surface area contributed by atoms with Gasteiger partial charge in [-0.2, -0.15) is 0 Å². The van der Waals surface area contributed by atoms with Crippen LogP contribution in [0.2, 0.25) is 0 Å². The van der Waals surface area contributed by atoms with E-state index < -0.39 is 10.7 Å². The first-order valence-electron chi connectivity index (χ1n) is 6.83. The molecule has 0 spiro atoms. The zero-order valence-corrected chi connectivity index (χ0v) is 11.6. The first-order chi connectivity index (χ1) is 10.1. The summed E-state index contributed by atoms with van der Waals surface area (Å²) >= 11 is 0. The number of nitrogens with one attached hydrogen (secondary N) is 1. The van der Waals surface area contributed by atoms with Crippen LogP contribution in [0.4, 0.5) is 10.1 Å². The average molecular weight is 288 g/mol. The van der Waals surface area contributed by atoms with Gasteiger partial charge < -0.3 is 5.32 Å². The largest absolute Gasteiger partial charge is 0.313 e. The fraction of sp³-hybridized carbons (Fsp3) is 0.250. The van der Waals surface area contributed by atoms with Gasteiger partial charge in [-0.05, 0) is 36.6 Å². The van der Waals surface area contributed by atoms with Gasteiger partial charge in [0.05, 0.1) is 11.0 Å². The molecule has 0 radical (unpaired) electrons. The summed E-state index contributed by atoms with van der Waals surface area (Å²) in [5.41, 5.74) is 1.65. The van der Waals surface area contributed by atoms with E-state index in [1.54, 1.807) is 0 Å². The lowest BCUT2D eigenvalue weighted by molar-refractivity contribution is -0.385. The number of hydrogen-bond donors (Lipinski definition) is 1. The van der Waals surface area contributed by atoms with Crippen LogP contribution in [0.15, 0.2) is 48.5 Å². The molecule has 0 aliphatic rings. The van der Waals surface area contributed by atoms with E-state index in [9.17, 15) is 14.5 Å². The molecule has 5 heteroatoms. The van der Waals surface area contributed by atoms with E-state index in [1.807, 2.05) is 18.2 Å². The van der Waals surface area contributed by atoms with E-state index in [4.69, 9.17) is 0 Å². The Bertz CT molecular complexity index is 602. The van der Waals surface area contributed by atoms with Gasteiger partial charge in [0, 0.05) is 12.6 Å². The third-order valence-corrected chi connectivity index (χ3v) is 3.14. The summed E-state index contributed by atoms with van der Waals surface area (Å²) in [6.07, 6.45) is 1.93. The minimum Gasteiger partial charge on any atom is -0.313 e. The Labute approximate surface area is 122 Å². The Morgan fingerprint density at radius 1 is 1.10 bits per heavy atom. The molecule has 0 amide bonds. The standard InChI is InChI=1S/C16H17FN2O2/c17-15-9-14(10-16(11-15)19(20)21)12-18-8-4-7-13-5-2-1-3-6-13/h1-3,5-6,9-11,18H,4,7-8,12H2. The number of nitro groups is 1. The summed E-state index contributed by atoms with van der Waals surface area (Å²) in [5.74, 6) is -0.578. The number of nitro benzene ring substituents is 1. The van der Waals surface area contributed by atoms with Crippen molar-refractivity contribution in [2.24, 2.45) is 0 Å². The maximum atomic E-state index is 13.3. The number of non-ortho nitro benzene ring substituents is 1. The zero-order chi connectivity index (χ0) is 15.1. The molecule has 0 saturated heterocycles. The first-order valence-corrected chi connectivity index (χ1v) is 6.83. The first kappa shape index (κ1) is 15.1. The van der Waals surface area contributed by atoms with Crippen LogP contribution >= 0.6 is 0 Å². The molecular weight excluding hydrogens is 271 g/mol. The van der Waals surface area contributed by atoms with Crippen molar-refractivity contribution in [1.29, 1.82) is 0 Å². The smallest absolute Gasteiger partial charge is 0.272 e. The van der Waals surface area contributed by atoms with Crippen LogP contribution in [0.5, 0.6) is 0 Å². The molecule has 2 aromatic rings. The van der Waals surface area contributed by atoms with Crippen LogP contribution in [0.3, 0.4) is 0 Å². The molecule has 0 atom stereocenters. The Balaban J connectivity index is 1.77. The van der Waals surface area contributed by atoms with Gasteiger partial charge in [0.1, 0.15) is 5.82 Å². The van der Waals surface area contributed by atoms with Crippen LogP contribution in [0.25, 0.3) is 0 Å². The molecule has 1 N–H and O–H groups in total. The molecule has 2 aromatic carbocycles. The molecule has 0 aromatic heterocycles. The van der Waals surface area contributed by atoms with E-state index in [1.165, 1.54) is 17.7 Å². The minimum absolute atomic E-state index is 0.212. The number of hydrogen-bond acceptors (Lipinski definition) is 3. The molecule has 0 bridgehead atoms. The average Bonchev–Trinajstić information content (AvgIpc) is 2.47. The van der Waals surface area contributed by atoms with Gasteiger partial charge >= 0.3 is 0 Å². The molecule has 0 fully saturated rings. The lowest BCUT2D eigenvalue weighted by Crippen LogP contribution is -2.15. The van der Waals surface area contributed by atoms with Crippen LogP contribution in [0, 0.1) is 15.9 Å². The van der Waals surface area contributed by atoms with Crippen molar-refractivity contribution in [3.8, 4) is 0 Å². The van der Waals surface area contributed by atoms with Gasteiger partial charge in [-0.25, -0.2) is 4.39 Å². The normalized spacial score (nSPS) is 10.5. The quantitative estimate of drug-likeness (QED) is 0.482. The molecule has 4 nitrogen and oxygen atoms in total. The minimum atomic E-state index is -0.581. The van der Waals surface area contributed by atoms with Crippen LogP contribution in [-0.4, -0.2) is 11.5 Å². The van der Waals surface area contributed by atoms with Crippen molar-refractivity contribution in [3.05, 3.63) is 75.6 Å². The third-order valence-electron chi connectivity index (χ3n) is 3.14. The highest BCUT2D eigenvalue weighted by Gasteiger charge is 2.09. The molecule has 0 aliphatic heterocycles. The van der Waals surface area contributed by atoms with Gasteiger partial charge in [-0.3, -0.25) is 10.1 Å². The molecule has 0 unspecified atom stereocenters. The Kier molecular flexibility index (Phi) is 5.40. The van der Waals surface area contributed by atoms with Gasteiger partial charge in [-0.1, -0.05) is 30.3 Å². The summed E-state index contributed by atoms with van der Waals surface area (Å²) in [5, 5.41) is 13.8.